The van der Waals surface area contributed by atoms with Crippen LogP contribution in [0.2, 0.25) is 0 Å². The highest BCUT2D eigenvalue weighted by atomic mass is 16.3. The highest BCUT2D eigenvalue weighted by molar-refractivity contribution is 6.40. The summed E-state index contributed by atoms with van der Waals surface area (Å²) in [4.78, 5) is 24.7. The Labute approximate surface area is 113 Å². The zero-order valence-corrected chi connectivity index (χ0v) is 11.3. The lowest BCUT2D eigenvalue weighted by atomic mass is 10.2. The lowest BCUT2D eigenvalue weighted by Gasteiger charge is -2.16. The van der Waals surface area contributed by atoms with E-state index in [9.17, 15) is 14.7 Å². The zero-order chi connectivity index (χ0) is 14.3. The molecule has 19 heavy (non-hydrogen) atoms. The summed E-state index contributed by atoms with van der Waals surface area (Å²) in [7, 11) is 1.53. The molecular formula is C14H20N2O3. The number of nitrogens with zero attached hydrogens (tertiary/aromatic N) is 1. The minimum Gasteiger partial charge on any atom is -0.508 e. The fourth-order valence-electron chi connectivity index (χ4n) is 1.60. The highest BCUT2D eigenvalue weighted by Gasteiger charge is 2.19. The van der Waals surface area contributed by atoms with Crippen LogP contribution < -0.4 is 10.2 Å². The van der Waals surface area contributed by atoms with Crippen LogP contribution in [0.5, 0.6) is 5.75 Å². The van der Waals surface area contributed by atoms with Crippen LogP contribution in [0.25, 0.3) is 0 Å². The molecule has 0 fully saturated rings. The standard InChI is InChI=1S/C14H20N2O3/c1-3-4-5-10-15-13(18)14(19)16(2)11-6-8-12(17)9-7-11/h6-9,17H,3-5,10H2,1-2H3,(H,15,18). The summed E-state index contributed by atoms with van der Waals surface area (Å²) in [5.74, 6) is -1.09. The van der Waals surface area contributed by atoms with Crippen LogP contribution in [0.15, 0.2) is 24.3 Å². The minimum atomic E-state index is -0.609. The number of likely N-dealkylation sites (N-methyl/N-ethyl adjacent to an activating group) is 1. The van der Waals surface area contributed by atoms with E-state index in [4.69, 9.17) is 0 Å². The third-order valence-electron chi connectivity index (χ3n) is 2.80. The summed E-state index contributed by atoms with van der Waals surface area (Å²) in [5.41, 5.74) is 0.562. The maximum Gasteiger partial charge on any atom is 0.316 e. The normalized spacial score (nSPS) is 10.0. The second kappa shape index (κ2) is 7.41. The number of phenols is 1. The van der Waals surface area contributed by atoms with Gasteiger partial charge in [-0.1, -0.05) is 19.8 Å². The highest BCUT2D eigenvalue weighted by Crippen LogP contribution is 2.17. The van der Waals surface area contributed by atoms with Gasteiger partial charge in [0.1, 0.15) is 5.75 Å². The molecule has 0 aromatic heterocycles. The van der Waals surface area contributed by atoms with E-state index in [1.807, 2.05) is 0 Å². The summed E-state index contributed by atoms with van der Waals surface area (Å²) in [6.07, 6.45) is 2.97. The van der Waals surface area contributed by atoms with Gasteiger partial charge in [0, 0.05) is 19.3 Å². The third kappa shape index (κ3) is 4.62. The first kappa shape index (κ1) is 15.0. The quantitative estimate of drug-likeness (QED) is 0.627. The lowest BCUT2D eigenvalue weighted by Crippen LogP contribution is -2.41. The number of carbonyl (C=O) groups excluding carboxylic acids is 2. The predicted molar refractivity (Wildman–Crippen MR) is 74.1 cm³/mol. The van der Waals surface area contributed by atoms with E-state index in [1.54, 1.807) is 12.1 Å². The van der Waals surface area contributed by atoms with Gasteiger partial charge in [-0.25, -0.2) is 0 Å². The van der Waals surface area contributed by atoms with Crippen LogP contribution in [-0.2, 0) is 9.59 Å². The largest absolute Gasteiger partial charge is 0.508 e. The topological polar surface area (TPSA) is 69.6 Å². The molecular weight excluding hydrogens is 244 g/mol. The Bertz CT molecular complexity index is 429. The Morgan fingerprint density at radius 2 is 1.84 bits per heavy atom. The van der Waals surface area contributed by atoms with E-state index in [1.165, 1.54) is 24.1 Å². The van der Waals surface area contributed by atoms with Gasteiger partial charge < -0.3 is 15.3 Å². The first-order valence-corrected chi connectivity index (χ1v) is 6.41. The van der Waals surface area contributed by atoms with Crippen molar-refractivity contribution in [2.75, 3.05) is 18.5 Å². The summed E-state index contributed by atoms with van der Waals surface area (Å²) in [5, 5.41) is 11.8. The molecule has 0 radical (unpaired) electrons. The van der Waals surface area contributed by atoms with Crippen molar-refractivity contribution in [3.05, 3.63) is 24.3 Å². The van der Waals surface area contributed by atoms with E-state index in [0.29, 0.717) is 12.2 Å². The number of aromatic hydroxyl groups is 1. The van der Waals surface area contributed by atoms with Crippen molar-refractivity contribution >= 4 is 17.5 Å². The van der Waals surface area contributed by atoms with Gasteiger partial charge in [0.25, 0.3) is 0 Å². The van der Waals surface area contributed by atoms with Crippen LogP contribution in [0.4, 0.5) is 5.69 Å². The SMILES string of the molecule is CCCCCNC(=O)C(=O)N(C)c1ccc(O)cc1. The van der Waals surface area contributed by atoms with Crippen molar-refractivity contribution in [1.29, 1.82) is 0 Å². The molecule has 1 aromatic carbocycles. The first-order valence-electron chi connectivity index (χ1n) is 6.41. The van der Waals surface area contributed by atoms with Crippen molar-refractivity contribution < 1.29 is 14.7 Å². The van der Waals surface area contributed by atoms with Crippen LogP contribution in [0, 0.1) is 0 Å². The minimum absolute atomic E-state index is 0.119. The number of anilines is 1. The van der Waals surface area contributed by atoms with Gasteiger partial charge in [0.15, 0.2) is 0 Å². The number of phenolic OH excluding ortho intramolecular Hbond substituents is 1. The summed E-state index contributed by atoms with van der Waals surface area (Å²) >= 11 is 0. The molecule has 0 spiro atoms. The van der Waals surface area contributed by atoms with Gasteiger partial charge in [-0.2, -0.15) is 0 Å². The second-order valence-corrected chi connectivity index (χ2v) is 4.34. The smallest absolute Gasteiger partial charge is 0.316 e. The van der Waals surface area contributed by atoms with E-state index >= 15 is 0 Å². The number of amides is 2. The molecule has 0 aliphatic heterocycles. The molecule has 0 aliphatic carbocycles. The molecule has 5 nitrogen and oxygen atoms in total. The Morgan fingerprint density at radius 1 is 1.21 bits per heavy atom. The van der Waals surface area contributed by atoms with Crippen LogP contribution in [0.1, 0.15) is 26.2 Å². The maximum absolute atomic E-state index is 11.8. The number of nitrogens with one attached hydrogen (secondary N) is 1. The lowest BCUT2D eigenvalue weighted by molar-refractivity contribution is -0.137. The average Bonchev–Trinajstić information content (AvgIpc) is 2.42. The number of hydrogen-bond donors (Lipinski definition) is 2. The molecule has 0 saturated heterocycles. The monoisotopic (exact) mass is 264 g/mol. The Morgan fingerprint density at radius 3 is 2.42 bits per heavy atom. The number of rotatable bonds is 5. The van der Waals surface area contributed by atoms with Crippen molar-refractivity contribution in [3.63, 3.8) is 0 Å². The van der Waals surface area contributed by atoms with E-state index in [0.717, 1.165) is 19.3 Å². The van der Waals surface area contributed by atoms with Crippen LogP contribution in [0.3, 0.4) is 0 Å². The zero-order valence-electron chi connectivity index (χ0n) is 11.3. The molecule has 0 heterocycles. The molecule has 2 N–H and O–H groups in total. The summed E-state index contributed by atoms with van der Waals surface area (Å²) in [6.45, 7) is 2.59. The van der Waals surface area contributed by atoms with Gasteiger partial charge in [0.05, 0.1) is 0 Å². The first-order chi connectivity index (χ1) is 9.06. The molecule has 0 saturated carbocycles. The van der Waals surface area contributed by atoms with Crippen molar-refractivity contribution in [3.8, 4) is 5.75 Å². The van der Waals surface area contributed by atoms with Gasteiger partial charge in [-0.3, -0.25) is 9.59 Å². The van der Waals surface area contributed by atoms with Crippen molar-refractivity contribution in [2.45, 2.75) is 26.2 Å². The number of carbonyl (C=O) groups is 2. The van der Waals surface area contributed by atoms with E-state index in [-0.39, 0.29) is 5.75 Å². The Hall–Kier alpha value is -2.04. The molecule has 104 valence electrons. The number of unbranched alkanes of at least 4 members (excludes halogenated alkanes) is 2. The number of hydrogen-bond acceptors (Lipinski definition) is 3. The molecule has 1 rings (SSSR count). The van der Waals surface area contributed by atoms with Gasteiger partial charge in [-0.15, -0.1) is 0 Å². The third-order valence-corrected chi connectivity index (χ3v) is 2.80. The maximum atomic E-state index is 11.8. The molecule has 0 atom stereocenters. The molecule has 2 amide bonds. The average molecular weight is 264 g/mol. The van der Waals surface area contributed by atoms with Crippen molar-refractivity contribution in [2.24, 2.45) is 0 Å². The fourth-order valence-corrected chi connectivity index (χ4v) is 1.60. The molecule has 0 aliphatic rings. The molecule has 0 unspecified atom stereocenters. The summed E-state index contributed by atoms with van der Waals surface area (Å²) in [6, 6.07) is 6.10. The van der Waals surface area contributed by atoms with Crippen LogP contribution >= 0.6 is 0 Å². The molecule has 0 bridgehead atoms. The fraction of sp³-hybridized carbons (Fsp3) is 0.429. The van der Waals surface area contributed by atoms with Crippen LogP contribution in [-0.4, -0.2) is 30.5 Å². The Kier molecular flexibility index (Phi) is 5.85. The number of benzene rings is 1. The van der Waals surface area contributed by atoms with Gasteiger partial charge in [0.2, 0.25) is 0 Å². The predicted octanol–water partition coefficient (Wildman–Crippen LogP) is 1.66. The summed E-state index contributed by atoms with van der Waals surface area (Å²) < 4.78 is 0. The van der Waals surface area contributed by atoms with Crippen molar-refractivity contribution in [1.82, 2.24) is 5.32 Å². The van der Waals surface area contributed by atoms with Gasteiger partial charge in [-0.05, 0) is 30.7 Å². The molecule has 1 aromatic rings. The second-order valence-electron chi connectivity index (χ2n) is 4.34. The Balaban J connectivity index is 2.51. The van der Waals surface area contributed by atoms with E-state index < -0.39 is 11.8 Å². The van der Waals surface area contributed by atoms with Gasteiger partial charge >= 0.3 is 11.8 Å². The molecule has 5 heteroatoms. The van der Waals surface area contributed by atoms with E-state index in [2.05, 4.69) is 12.2 Å².